The lowest BCUT2D eigenvalue weighted by molar-refractivity contribution is 0.124. The fourth-order valence-electron chi connectivity index (χ4n) is 1.55. The topological polar surface area (TPSA) is 29.5 Å². The van der Waals surface area contributed by atoms with E-state index in [1.165, 1.54) is 0 Å². The third-order valence-electron chi connectivity index (χ3n) is 2.29. The van der Waals surface area contributed by atoms with Gasteiger partial charge in [-0.2, -0.15) is 0 Å². The summed E-state index contributed by atoms with van der Waals surface area (Å²) in [5.74, 6) is 0.839. The van der Waals surface area contributed by atoms with E-state index in [4.69, 9.17) is 4.74 Å². The van der Waals surface area contributed by atoms with Gasteiger partial charge in [-0.1, -0.05) is 34.1 Å². The lowest BCUT2D eigenvalue weighted by Gasteiger charge is -2.27. The quantitative estimate of drug-likeness (QED) is 0.707. The van der Waals surface area contributed by atoms with Crippen molar-refractivity contribution in [3.63, 3.8) is 0 Å². The molecule has 0 amide bonds. The van der Waals surface area contributed by atoms with Crippen molar-refractivity contribution in [3.8, 4) is 5.75 Å². The molecule has 0 aliphatic carbocycles. The summed E-state index contributed by atoms with van der Waals surface area (Å²) in [6.07, 6.45) is -0.455. The van der Waals surface area contributed by atoms with Crippen LogP contribution in [-0.2, 0) is 0 Å². The maximum absolute atomic E-state index is 9.83. The Balaban J connectivity index is 2.49. The van der Waals surface area contributed by atoms with Crippen LogP contribution in [0.15, 0.2) is 18.2 Å². The normalized spacial score (nSPS) is 26.4. The number of hydrogen-bond donors (Lipinski definition) is 1. The van der Waals surface area contributed by atoms with Crippen LogP contribution in [0.4, 0.5) is 0 Å². The van der Waals surface area contributed by atoms with Gasteiger partial charge >= 0.3 is 0 Å². The van der Waals surface area contributed by atoms with Gasteiger partial charge in [-0.15, -0.1) is 0 Å². The summed E-state index contributed by atoms with van der Waals surface area (Å²) in [6.45, 7) is 2.51. The standard InChI is InChI=1S/C10H11BrO2/c1-6-3-2-4-7-9(12)8(11)5-13-10(6)7/h2-4,8-9,12H,5H2,1H3. The summed E-state index contributed by atoms with van der Waals surface area (Å²) < 4.78 is 5.53. The zero-order valence-corrected chi connectivity index (χ0v) is 8.91. The lowest BCUT2D eigenvalue weighted by atomic mass is 10.0. The number of ether oxygens (including phenoxy) is 1. The Bertz CT molecular complexity index is 325. The Morgan fingerprint density at radius 1 is 1.54 bits per heavy atom. The number of benzene rings is 1. The van der Waals surface area contributed by atoms with E-state index < -0.39 is 6.10 Å². The molecule has 1 aliphatic heterocycles. The van der Waals surface area contributed by atoms with Crippen molar-refractivity contribution in [3.05, 3.63) is 29.3 Å². The van der Waals surface area contributed by atoms with Crippen LogP contribution in [-0.4, -0.2) is 16.5 Å². The Morgan fingerprint density at radius 2 is 2.31 bits per heavy atom. The van der Waals surface area contributed by atoms with Crippen LogP contribution >= 0.6 is 15.9 Å². The molecule has 2 atom stereocenters. The van der Waals surface area contributed by atoms with E-state index in [1.807, 2.05) is 25.1 Å². The van der Waals surface area contributed by atoms with Crippen LogP contribution in [0.5, 0.6) is 5.75 Å². The van der Waals surface area contributed by atoms with Gasteiger partial charge < -0.3 is 9.84 Å². The van der Waals surface area contributed by atoms with Crippen molar-refractivity contribution >= 4 is 15.9 Å². The first-order valence-electron chi connectivity index (χ1n) is 4.24. The van der Waals surface area contributed by atoms with Crippen LogP contribution in [0, 0.1) is 6.92 Å². The summed E-state index contributed by atoms with van der Waals surface area (Å²) in [6, 6.07) is 5.83. The Labute approximate surface area is 85.7 Å². The van der Waals surface area contributed by atoms with Crippen molar-refractivity contribution in [1.82, 2.24) is 0 Å². The second-order valence-electron chi connectivity index (χ2n) is 3.27. The number of fused-ring (bicyclic) bond motifs is 1. The molecule has 1 N–H and O–H groups in total. The van der Waals surface area contributed by atoms with E-state index in [1.54, 1.807) is 0 Å². The molecular formula is C10H11BrO2. The average molecular weight is 243 g/mol. The van der Waals surface area contributed by atoms with Crippen LogP contribution in [0.3, 0.4) is 0 Å². The van der Waals surface area contributed by atoms with Crippen LogP contribution in [0.1, 0.15) is 17.2 Å². The Kier molecular flexibility index (Phi) is 2.30. The number of halogens is 1. The van der Waals surface area contributed by atoms with E-state index >= 15 is 0 Å². The van der Waals surface area contributed by atoms with Gasteiger partial charge in [-0.3, -0.25) is 0 Å². The first kappa shape index (κ1) is 9.03. The van der Waals surface area contributed by atoms with Crippen LogP contribution < -0.4 is 4.74 Å². The number of aliphatic hydroxyl groups excluding tert-OH is 1. The number of alkyl halides is 1. The number of rotatable bonds is 0. The molecule has 70 valence electrons. The van der Waals surface area contributed by atoms with Gasteiger partial charge in [-0.25, -0.2) is 0 Å². The van der Waals surface area contributed by atoms with Gasteiger partial charge in [0.1, 0.15) is 12.4 Å². The van der Waals surface area contributed by atoms with Crippen molar-refractivity contribution in [1.29, 1.82) is 0 Å². The molecule has 2 nitrogen and oxygen atoms in total. The summed E-state index contributed by atoms with van der Waals surface area (Å²) in [4.78, 5) is 0.00167. The minimum absolute atomic E-state index is 0.00167. The highest BCUT2D eigenvalue weighted by molar-refractivity contribution is 9.09. The molecular weight excluding hydrogens is 232 g/mol. The highest BCUT2D eigenvalue weighted by Gasteiger charge is 2.27. The SMILES string of the molecule is Cc1cccc2c1OCC(Br)C2O. The van der Waals surface area contributed by atoms with E-state index in [9.17, 15) is 5.11 Å². The third-order valence-corrected chi connectivity index (χ3v) is 3.06. The fraction of sp³-hybridized carbons (Fsp3) is 0.400. The molecule has 2 rings (SSSR count). The molecule has 0 spiro atoms. The maximum atomic E-state index is 9.83. The molecule has 0 radical (unpaired) electrons. The first-order valence-corrected chi connectivity index (χ1v) is 5.16. The van der Waals surface area contributed by atoms with E-state index in [0.29, 0.717) is 6.61 Å². The van der Waals surface area contributed by atoms with Gasteiger partial charge in [-0.05, 0) is 12.5 Å². The van der Waals surface area contributed by atoms with Gasteiger partial charge in [0.25, 0.3) is 0 Å². The fourth-order valence-corrected chi connectivity index (χ4v) is 1.97. The molecule has 1 aromatic carbocycles. The van der Waals surface area contributed by atoms with Gasteiger partial charge in [0.2, 0.25) is 0 Å². The molecule has 0 bridgehead atoms. The molecule has 0 aromatic heterocycles. The number of para-hydroxylation sites is 1. The van der Waals surface area contributed by atoms with E-state index in [-0.39, 0.29) is 4.83 Å². The number of hydrogen-bond acceptors (Lipinski definition) is 2. The largest absolute Gasteiger partial charge is 0.492 e. The zero-order valence-electron chi connectivity index (χ0n) is 7.33. The van der Waals surface area contributed by atoms with Crippen molar-refractivity contribution in [2.24, 2.45) is 0 Å². The van der Waals surface area contributed by atoms with Crippen molar-refractivity contribution in [2.75, 3.05) is 6.61 Å². The monoisotopic (exact) mass is 242 g/mol. The van der Waals surface area contributed by atoms with Crippen LogP contribution in [0.2, 0.25) is 0 Å². The predicted octanol–water partition coefficient (Wildman–Crippen LogP) is 2.18. The summed E-state index contributed by atoms with van der Waals surface area (Å²) in [5, 5.41) is 9.83. The molecule has 13 heavy (non-hydrogen) atoms. The Hall–Kier alpha value is -0.540. The Morgan fingerprint density at radius 3 is 3.08 bits per heavy atom. The molecule has 0 fully saturated rings. The van der Waals surface area contributed by atoms with E-state index in [2.05, 4.69) is 15.9 Å². The lowest BCUT2D eigenvalue weighted by Crippen LogP contribution is -2.26. The maximum Gasteiger partial charge on any atom is 0.128 e. The minimum Gasteiger partial charge on any atom is -0.492 e. The third kappa shape index (κ3) is 1.46. The molecule has 1 aliphatic rings. The first-order chi connectivity index (χ1) is 6.20. The predicted molar refractivity (Wildman–Crippen MR) is 54.3 cm³/mol. The molecule has 1 aromatic rings. The highest BCUT2D eigenvalue weighted by Crippen LogP contribution is 2.36. The number of aryl methyl sites for hydroxylation is 1. The highest BCUT2D eigenvalue weighted by atomic mass is 79.9. The van der Waals surface area contributed by atoms with E-state index in [0.717, 1.165) is 16.9 Å². The average Bonchev–Trinajstić information content (AvgIpc) is 2.12. The molecule has 0 saturated carbocycles. The molecule has 3 heteroatoms. The van der Waals surface area contributed by atoms with Crippen molar-refractivity contribution < 1.29 is 9.84 Å². The second-order valence-corrected chi connectivity index (χ2v) is 4.44. The minimum atomic E-state index is -0.455. The van der Waals surface area contributed by atoms with Gasteiger partial charge in [0, 0.05) is 5.56 Å². The molecule has 1 heterocycles. The van der Waals surface area contributed by atoms with Gasteiger partial charge in [0.15, 0.2) is 0 Å². The second kappa shape index (κ2) is 3.31. The number of aliphatic hydroxyl groups is 1. The zero-order chi connectivity index (χ0) is 9.42. The smallest absolute Gasteiger partial charge is 0.128 e. The molecule has 2 unspecified atom stereocenters. The van der Waals surface area contributed by atoms with Gasteiger partial charge in [0.05, 0.1) is 10.9 Å². The molecule has 0 saturated heterocycles. The summed E-state index contributed by atoms with van der Waals surface area (Å²) >= 11 is 3.37. The summed E-state index contributed by atoms with van der Waals surface area (Å²) in [7, 11) is 0. The van der Waals surface area contributed by atoms with Crippen LogP contribution in [0.25, 0.3) is 0 Å². The summed E-state index contributed by atoms with van der Waals surface area (Å²) in [5.41, 5.74) is 1.96. The van der Waals surface area contributed by atoms with Crippen molar-refractivity contribution in [2.45, 2.75) is 17.9 Å².